The number of unbranched alkanes of at least 4 members (excludes halogenated alkanes) is 3. The molecule has 0 saturated carbocycles. The van der Waals surface area contributed by atoms with Crippen LogP contribution in [0.25, 0.3) is 0 Å². The third kappa shape index (κ3) is 8.20. The molecule has 0 heterocycles. The number of rotatable bonds is 11. The summed E-state index contributed by atoms with van der Waals surface area (Å²) in [6.45, 7) is 3.32. The predicted molar refractivity (Wildman–Crippen MR) is 148 cm³/mol. The van der Waals surface area contributed by atoms with Gasteiger partial charge in [0.05, 0.1) is 17.9 Å². The first-order valence-corrected chi connectivity index (χ1v) is 12.6. The Morgan fingerprint density at radius 1 is 0.889 bits per heavy atom. The second-order valence-electron chi connectivity index (χ2n) is 8.53. The van der Waals surface area contributed by atoms with E-state index in [9.17, 15) is 9.59 Å². The highest BCUT2D eigenvalue weighted by Gasteiger charge is 2.17. The topological polar surface area (TPSA) is 70.7 Å². The molecule has 3 aromatic carbocycles. The van der Waals surface area contributed by atoms with E-state index in [0.29, 0.717) is 30.0 Å². The Bertz CT molecular complexity index is 1150. The molecule has 0 aromatic heterocycles. The lowest BCUT2D eigenvalue weighted by molar-refractivity contribution is 0.0786. The second-order valence-corrected chi connectivity index (χ2v) is 8.94. The fourth-order valence-electron chi connectivity index (χ4n) is 3.66. The molecule has 0 saturated heterocycles. The standard InChI is InChI=1S/C29H33N3O3S/c1-3-4-5-11-20-35-24-18-16-23(17-19-24)27(33)31-29(36)30-26-15-10-9-14-25(26)28(34)32(2)21-22-12-7-6-8-13-22/h6-10,12-19H,3-5,11,20-21H2,1-2H3,(H2,30,31,33,36). The molecule has 0 unspecified atom stereocenters. The molecule has 0 spiro atoms. The van der Waals surface area contributed by atoms with Crippen molar-refractivity contribution in [3.05, 3.63) is 95.6 Å². The fraction of sp³-hybridized carbons (Fsp3) is 0.276. The number of thiocarbonyl (C=S) groups is 1. The third-order valence-corrected chi connectivity index (χ3v) is 5.83. The minimum atomic E-state index is -0.341. The molecule has 0 aliphatic heterocycles. The highest BCUT2D eigenvalue weighted by molar-refractivity contribution is 7.80. The van der Waals surface area contributed by atoms with Gasteiger partial charge in [0.1, 0.15) is 5.75 Å². The number of nitrogens with one attached hydrogen (secondary N) is 2. The largest absolute Gasteiger partial charge is 0.494 e. The van der Waals surface area contributed by atoms with E-state index in [0.717, 1.165) is 24.2 Å². The summed E-state index contributed by atoms with van der Waals surface area (Å²) in [5.41, 5.74) is 2.49. The van der Waals surface area contributed by atoms with Gasteiger partial charge in [-0.1, -0.05) is 68.7 Å². The molecule has 188 valence electrons. The van der Waals surface area contributed by atoms with Crippen molar-refractivity contribution in [2.24, 2.45) is 0 Å². The molecule has 2 N–H and O–H groups in total. The fourth-order valence-corrected chi connectivity index (χ4v) is 3.87. The number of ether oxygens (including phenoxy) is 1. The molecular weight excluding hydrogens is 470 g/mol. The van der Waals surface area contributed by atoms with Crippen molar-refractivity contribution in [3.8, 4) is 5.75 Å². The average Bonchev–Trinajstić information content (AvgIpc) is 2.89. The summed E-state index contributed by atoms with van der Waals surface area (Å²) < 4.78 is 5.73. The smallest absolute Gasteiger partial charge is 0.257 e. The van der Waals surface area contributed by atoms with Crippen LogP contribution in [0.4, 0.5) is 5.69 Å². The van der Waals surface area contributed by atoms with Crippen molar-refractivity contribution >= 4 is 34.8 Å². The molecule has 7 heteroatoms. The van der Waals surface area contributed by atoms with Crippen molar-refractivity contribution in [1.82, 2.24) is 10.2 Å². The molecule has 0 radical (unpaired) electrons. The number of para-hydroxylation sites is 1. The van der Waals surface area contributed by atoms with Gasteiger partial charge in [-0.05, 0) is 60.6 Å². The SMILES string of the molecule is CCCCCCOc1ccc(C(=O)NC(=S)Nc2ccccc2C(=O)N(C)Cc2ccccc2)cc1. The minimum Gasteiger partial charge on any atom is -0.494 e. The van der Waals surface area contributed by atoms with E-state index in [2.05, 4.69) is 17.6 Å². The number of nitrogens with zero attached hydrogens (tertiary/aromatic N) is 1. The molecule has 6 nitrogen and oxygen atoms in total. The number of anilines is 1. The molecule has 0 aliphatic carbocycles. The van der Waals surface area contributed by atoms with Crippen LogP contribution in [-0.2, 0) is 6.54 Å². The Balaban J connectivity index is 1.55. The van der Waals surface area contributed by atoms with Gasteiger partial charge in [-0.3, -0.25) is 14.9 Å². The van der Waals surface area contributed by atoms with Crippen LogP contribution in [0.2, 0.25) is 0 Å². The highest BCUT2D eigenvalue weighted by atomic mass is 32.1. The second kappa shape index (κ2) is 14.0. The number of amides is 2. The van der Waals surface area contributed by atoms with Crippen LogP contribution in [-0.4, -0.2) is 35.5 Å². The Morgan fingerprint density at radius 3 is 2.31 bits per heavy atom. The molecule has 36 heavy (non-hydrogen) atoms. The van der Waals surface area contributed by atoms with E-state index in [4.69, 9.17) is 17.0 Å². The van der Waals surface area contributed by atoms with Gasteiger partial charge in [0, 0.05) is 19.2 Å². The van der Waals surface area contributed by atoms with E-state index in [1.54, 1.807) is 54.4 Å². The maximum Gasteiger partial charge on any atom is 0.257 e. The molecule has 0 bridgehead atoms. The third-order valence-electron chi connectivity index (χ3n) is 5.63. The Kier molecular flexibility index (Phi) is 10.5. The summed E-state index contributed by atoms with van der Waals surface area (Å²) in [6.07, 6.45) is 4.56. The van der Waals surface area contributed by atoms with Crippen molar-refractivity contribution in [2.45, 2.75) is 39.2 Å². The van der Waals surface area contributed by atoms with Gasteiger partial charge < -0.3 is 15.0 Å². The molecule has 2 amide bonds. The number of hydrogen-bond donors (Lipinski definition) is 2. The molecular formula is C29H33N3O3S. The molecule has 0 atom stereocenters. The van der Waals surface area contributed by atoms with Crippen LogP contribution in [0, 0.1) is 0 Å². The maximum absolute atomic E-state index is 13.1. The molecule has 0 fully saturated rings. The predicted octanol–water partition coefficient (Wildman–Crippen LogP) is 6.04. The van der Waals surface area contributed by atoms with Crippen LogP contribution in [0.1, 0.15) is 58.9 Å². The van der Waals surface area contributed by atoms with E-state index < -0.39 is 0 Å². The first-order valence-electron chi connectivity index (χ1n) is 12.2. The summed E-state index contributed by atoms with van der Waals surface area (Å²) in [7, 11) is 1.75. The van der Waals surface area contributed by atoms with Gasteiger partial charge in [-0.2, -0.15) is 0 Å². The molecule has 0 aliphatic rings. The summed E-state index contributed by atoms with van der Waals surface area (Å²) in [4.78, 5) is 27.4. The molecule has 3 rings (SSSR count). The van der Waals surface area contributed by atoms with E-state index >= 15 is 0 Å². The van der Waals surface area contributed by atoms with E-state index in [1.165, 1.54) is 12.8 Å². The van der Waals surface area contributed by atoms with Crippen molar-refractivity contribution < 1.29 is 14.3 Å². The lowest BCUT2D eigenvalue weighted by atomic mass is 10.1. The van der Waals surface area contributed by atoms with E-state index in [-0.39, 0.29) is 16.9 Å². The molecule has 3 aromatic rings. The lowest BCUT2D eigenvalue weighted by Crippen LogP contribution is -2.35. The van der Waals surface area contributed by atoms with Crippen LogP contribution in [0.5, 0.6) is 5.75 Å². The first kappa shape index (κ1) is 26.9. The zero-order valence-corrected chi connectivity index (χ0v) is 21.6. The normalized spacial score (nSPS) is 10.4. The van der Waals surface area contributed by atoms with Gasteiger partial charge in [0.15, 0.2) is 5.11 Å². The number of hydrogen-bond acceptors (Lipinski definition) is 4. The van der Waals surface area contributed by atoms with Crippen LogP contribution in [0.15, 0.2) is 78.9 Å². The Morgan fingerprint density at radius 2 is 1.58 bits per heavy atom. The summed E-state index contributed by atoms with van der Waals surface area (Å²) in [6, 6.07) is 23.8. The van der Waals surface area contributed by atoms with Crippen molar-refractivity contribution in [2.75, 3.05) is 19.0 Å². The van der Waals surface area contributed by atoms with Crippen LogP contribution >= 0.6 is 12.2 Å². The van der Waals surface area contributed by atoms with Gasteiger partial charge in [0.25, 0.3) is 11.8 Å². The number of carbonyl (C=O) groups is 2. The van der Waals surface area contributed by atoms with Crippen molar-refractivity contribution in [1.29, 1.82) is 0 Å². The lowest BCUT2D eigenvalue weighted by Gasteiger charge is -2.20. The van der Waals surface area contributed by atoms with Gasteiger partial charge in [-0.15, -0.1) is 0 Å². The van der Waals surface area contributed by atoms with Gasteiger partial charge in [-0.25, -0.2) is 0 Å². The zero-order valence-electron chi connectivity index (χ0n) is 20.8. The minimum absolute atomic E-state index is 0.113. The van der Waals surface area contributed by atoms with Gasteiger partial charge >= 0.3 is 0 Å². The summed E-state index contributed by atoms with van der Waals surface area (Å²) in [5.74, 6) is 0.240. The van der Waals surface area contributed by atoms with Crippen molar-refractivity contribution in [3.63, 3.8) is 0 Å². The first-order chi connectivity index (χ1) is 17.5. The summed E-state index contributed by atoms with van der Waals surface area (Å²) >= 11 is 5.35. The zero-order chi connectivity index (χ0) is 25.8. The van der Waals surface area contributed by atoms with Crippen LogP contribution < -0.4 is 15.4 Å². The van der Waals surface area contributed by atoms with Crippen LogP contribution in [0.3, 0.4) is 0 Å². The van der Waals surface area contributed by atoms with Gasteiger partial charge in [0.2, 0.25) is 0 Å². The van der Waals surface area contributed by atoms with E-state index in [1.807, 2.05) is 36.4 Å². The summed E-state index contributed by atoms with van der Waals surface area (Å²) in [5, 5.41) is 5.79. The Hall–Kier alpha value is -3.71. The number of carbonyl (C=O) groups excluding carboxylic acids is 2. The highest BCUT2D eigenvalue weighted by Crippen LogP contribution is 2.18. The maximum atomic E-state index is 13.1. The Labute approximate surface area is 218 Å². The monoisotopic (exact) mass is 503 g/mol. The number of benzene rings is 3. The average molecular weight is 504 g/mol. The quantitative estimate of drug-likeness (QED) is 0.246.